The fraction of sp³-hybridized carbons (Fsp3) is 0.0769. The zero-order valence-corrected chi connectivity index (χ0v) is 9.55. The Morgan fingerprint density at radius 3 is 2.35 bits per heavy atom. The molecule has 0 spiro atoms. The molecule has 0 saturated heterocycles. The second-order valence-electron chi connectivity index (χ2n) is 3.49. The van der Waals surface area contributed by atoms with E-state index >= 15 is 0 Å². The van der Waals surface area contributed by atoms with Gasteiger partial charge in [-0.25, -0.2) is 8.78 Å². The van der Waals surface area contributed by atoms with E-state index in [0.717, 1.165) is 0 Å². The number of hydrogen-bond acceptors (Lipinski definition) is 1. The molecule has 0 heterocycles. The van der Waals surface area contributed by atoms with Crippen molar-refractivity contribution in [2.75, 3.05) is 0 Å². The van der Waals surface area contributed by atoms with Gasteiger partial charge in [0.1, 0.15) is 24.0 Å². The maximum atomic E-state index is 13.1. The molecule has 17 heavy (non-hydrogen) atoms. The van der Waals surface area contributed by atoms with Crippen LogP contribution in [-0.4, -0.2) is 0 Å². The van der Waals surface area contributed by atoms with E-state index in [-0.39, 0.29) is 17.4 Å². The number of ether oxygens (including phenoxy) is 1. The summed E-state index contributed by atoms with van der Waals surface area (Å²) < 4.78 is 31.1. The first-order valence-corrected chi connectivity index (χ1v) is 5.35. The van der Waals surface area contributed by atoms with Gasteiger partial charge in [0.25, 0.3) is 0 Å². The highest BCUT2D eigenvalue weighted by Crippen LogP contribution is 2.18. The predicted octanol–water partition coefficient (Wildman–Crippen LogP) is 4.20. The summed E-state index contributed by atoms with van der Waals surface area (Å²) in [5.41, 5.74) is 0.663. The number of rotatable bonds is 3. The van der Waals surface area contributed by atoms with E-state index in [9.17, 15) is 8.78 Å². The van der Waals surface area contributed by atoms with Gasteiger partial charge in [-0.05, 0) is 42.0 Å². The molecule has 88 valence electrons. The summed E-state index contributed by atoms with van der Waals surface area (Å²) in [4.78, 5) is 0. The van der Waals surface area contributed by atoms with E-state index in [2.05, 4.69) is 0 Å². The van der Waals surface area contributed by atoms with Crippen LogP contribution in [0.2, 0.25) is 5.02 Å². The number of benzene rings is 2. The normalized spacial score (nSPS) is 10.3. The molecule has 0 unspecified atom stereocenters. The lowest BCUT2D eigenvalue weighted by molar-refractivity contribution is 0.305. The topological polar surface area (TPSA) is 9.23 Å². The SMILES string of the molecule is Fc1ccc(OCc2ccc(Cl)c(F)c2)cc1. The molecule has 0 amide bonds. The first kappa shape index (κ1) is 11.9. The molecule has 0 fully saturated rings. The Balaban J connectivity index is 2.02. The first-order chi connectivity index (χ1) is 8.15. The smallest absolute Gasteiger partial charge is 0.142 e. The summed E-state index contributed by atoms with van der Waals surface area (Å²) in [6.07, 6.45) is 0. The van der Waals surface area contributed by atoms with Gasteiger partial charge in [0.2, 0.25) is 0 Å². The lowest BCUT2D eigenvalue weighted by Gasteiger charge is -2.06. The van der Waals surface area contributed by atoms with Gasteiger partial charge in [-0.2, -0.15) is 0 Å². The van der Waals surface area contributed by atoms with Crippen LogP contribution in [0.25, 0.3) is 0 Å². The van der Waals surface area contributed by atoms with Crippen LogP contribution in [0.3, 0.4) is 0 Å². The minimum Gasteiger partial charge on any atom is -0.489 e. The molecule has 0 N–H and O–H groups in total. The van der Waals surface area contributed by atoms with Crippen LogP contribution in [-0.2, 0) is 6.61 Å². The highest BCUT2D eigenvalue weighted by Gasteiger charge is 2.02. The highest BCUT2D eigenvalue weighted by molar-refractivity contribution is 6.30. The minimum absolute atomic E-state index is 0.0792. The molecule has 4 heteroatoms. The van der Waals surface area contributed by atoms with Crippen molar-refractivity contribution in [1.29, 1.82) is 0 Å². The molecule has 2 rings (SSSR count). The maximum Gasteiger partial charge on any atom is 0.142 e. The maximum absolute atomic E-state index is 13.1. The van der Waals surface area contributed by atoms with Crippen LogP contribution < -0.4 is 4.74 Å². The summed E-state index contributed by atoms with van der Waals surface area (Å²) in [5.74, 6) is -0.275. The van der Waals surface area contributed by atoms with E-state index in [4.69, 9.17) is 16.3 Å². The summed E-state index contributed by atoms with van der Waals surface area (Å²) >= 11 is 5.56. The van der Waals surface area contributed by atoms with Crippen molar-refractivity contribution in [3.63, 3.8) is 0 Å². The van der Waals surface area contributed by atoms with Crippen LogP contribution in [0.15, 0.2) is 42.5 Å². The number of hydrogen-bond donors (Lipinski definition) is 0. The Morgan fingerprint density at radius 2 is 1.71 bits per heavy atom. The standard InChI is InChI=1S/C13H9ClF2O/c14-12-6-1-9(7-13(12)16)8-17-11-4-2-10(15)3-5-11/h1-7H,8H2. The molecule has 0 bridgehead atoms. The van der Waals surface area contributed by atoms with Crippen LogP contribution in [0.4, 0.5) is 8.78 Å². The predicted molar refractivity (Wildman–Crippen MR) is 62.1 cm³/mol. The third-order valence-electron chi connectivity index (χ3n) is 2.20. The molecule has 0 radical (unpaired) electrons. The highest BCUT2D eigenvalue weighted by atomic mass is 35.5. The average Bonchev–Trinajstić information content (AvgIpc) is 2.33. The van der Waals surface area contributed by atoms with Crippen molar-refractivity contribution in [1.82, 2.24) is 0 Å². The monoisotopic (exact) mass is 254 g/mol. The van der Waals surface area contributed by atoms with Crippen molar-refractivity contribution in [3.05, 3.63) is 64.7 Å². The van der Waals surface area contributed by atoms with Gasteiger partial charge in [0.15, 0.2) is 0 Å². The molecule has 0 aliphatic carbocycles. The van der Waals surface area contributed by atoms with Gasteiger partial charge in [-0.15, -0.1) is 0 Å². The first-order valence-electron chi connectivity index (χ1n) is 4.97. The third-order valence-corrected chi connectivity index (χ3v) is 2.51. The molecular formula is C13H9ClF2O. The molecule has 1 nitrogen and oxygen atoms in total. The molecule has 0 aliphatic rings. The summed E-state index contributed by atoms with van der Waals surface area (Å²) in [7, 11) is 0. The van der Waals surface area contributed by atoms with Gasteiger partial charge >= 0.3 is 0 Å². The molecule has 2 aromatic rings. The molecule has 2 aromatic carbocycles. The van der Waals surface area contributed by atoms with Gasteiger partial charge in [-0.3, -0.25) is 0 Å². The lowest BCUT2D eigenvalue weighted by Crippen LogP contribution is -1.96. The Labute approximate surface area is 103 Å². The zero-order chi connectivity index (χ0) is 12.3. The average molecular weight is 255 g/mol. The van der Waals surface area contributed by atoms with Crippen molar-refractivity contribution >= 4 is 11.6 Å². The van der Waals surface area contributed by atoms with Crippen molar-refractivity contribution in [2.24, 2.45) is 0 Å². The summed E-state index contributed by atoms with van der Waals surface area (Å²) in [6, 6.07) is 10.1. The molecule has 0 atom stereocenters. The third kappa shape index (κ3) is 3.17. The molecule has 0 aliphatic heterocycles. The quantitative estimate of drug-likeness (QED) is 0.798. The van der Waals surface area contributed by atoms with Crippen LogP contribution in [0.5, 0.6) is 5.75 Å². The van der Waals surface area contributed by atoms with E-state index in [0.29, 0.717) is 11.3 Å². The van der Waals surface area contributed by atoms with Crippen molar-refractivity contribution < 1.29 is 13.5 Å². The molecule has 0 aromatic heterocycles. The summed E-state index contributed by atoms with van der Waals surface area (Å²) in [5, 5.41) is 0.0792. The van der Waals surface area contributed by atoms with Crippen LogP contribution in [0, 0.1) is 11.6 Å². The van der Waals surface area contributed by atoms with E-state index in [1.54, 1.807) is 6.07 Å². The zero-order valence-electron chi connectivity index (χ0n) is 8.79. The fourth-order valence-corrected chi connectivity index (χ4v) is 1.44. The van der Waals surface area contributed by atoms with Gasteiger partial charge < -0.3 is 4.74 Å². The lowest BCUT2D eigenvalue weighted by atomic mass is 10.2. The Hall–Kier alpha value is -1.61. The van der Waals surface area contributed by atoms with Gasteiger partial charge in [0.05, 0.1) is 5.02 Å². The van der Waals surface area contributed by atoms with E-state index < -0.39 is 5.82 Å². The minimum atomic E-state index is -0.480. The van der Waals surface area contributed by atoms with Gasteiger partial charge in [-0.1, -0.05) is 17.7 Å². The van der Waals surface area contributed by atoms with Crippen molar-refractivity contribution in [3.8, 4) is 5.75 Å². The second-order valence-corrected chi connectivity index (χ2v) is 3.90. The van der Waals surface area contributed by atoms with E-state index in [1.807, 2.05) is 0 Å². The van der Waals surface area contributed by atoms with E-state index in [1.165, 1.54) is 36.4 Å². The molecule has 0 saturated carbocycles. The Bertz CT molecular complexity index is 511. The number of halogens is 3. The second kappa shape index (κ2) is 5.15. The van der Waals surface area contributed by atoms with Crippen molar-refractivity contribution in [2.45, 2.75) is 6.61 Å². The largest absolute Gasteiger partial charge is 0.489 e. The fourth-order valence-electron chi connectivity index (χ4n) is 1.33. The van der Waals surface area contributed by atoms with Gasteiger partial charge in [0, 0.05) is 0 Å². The summed E-state index contributed by atoms with van der Waals surface area (Å²) in [6.45, 7) is 0.208. The van der Waals surface area contributed by atoms with Crippen LogP contribution in [0.1, 0.15) is 5.56 Å². The Kier molecular flexibility index (Phi) is 3.59. The molecular weight excluding hydrogens is 246 g/mol. The van der Waals surface area contributed by atoms with Crippen LogP contribution >= 0.6 is 11.6 Å². The Morgan fingerprint density at radius 1 is 1.00 bits per heavy atom.